The van der Waals surface area contributed by atoms with Gasteiger partial charge in [-0.3, -0.25) is 0 Å². The van der Waals surface area contributed by atoms with Crippen molar-refractivity contribution in [2.75, 3.05) is 111 Å². The Morgan fingerprint density at radius 1 is 0.567 bits per heavy atom. The van der Waals surface area contributed by atoms with Gasteiger partial charge in [0, 0.05) is 56.8 Å². The molecule has 0 aromatic carbocycles. The molecule has 0 aliphatic carbocycles. The van der Waals surface area contributed by atoms with Gasteiger partial charge in [0.05, 0.1) is 19.8 Å². The highest BCUT2D eigenvalue weighted by Crippen LogP contribution is 2.26. The molecule has 0 amide bonds. The fourth-order valence-electron chi connectivity index (χ4n) is 3.01. The van der Waals surface area contributed by atoms with Crippen molar-refractivity contribution in [1.82, 2.24) is 15.0 Å². The van der Waals surface area contributed by atoms with Gasteiger partial charge < -0.3 is 43.1 Å². The van der Waals surface area contributed by atoms with Crippen LogP contribution >= 0.6 is 0 Å². The highest BCUT2D eigenvalue weighted by atomic mass is 16.5. The first-order valence-electron chi connectivity index (χ1n) is 9.32. The molecule has 0 atom stereocenters. The lowest BCUT2D eigenvalue weighted by Gasteiger charge is -2.42. The number of anilines is 3. The van der Waals surface area contributed by atoms with E-state index >= 15 is 0 Å². The number of hydrogen-bond acceptors (Lipinski definition) is 12. The average Bonchev–Trinajstić information content (AvgIpc) is 2.72. The molecule has 0 radical (unpaired) electrons. The summed E-state index contributed by atoms with van der Waals surface area (Å²) in [6, 6.07) is 0. The van der Waals surface area contributed by atoms with Crippen molar-refractivity contribution in [2.24, 2.45) is 0 Å². The molecule has 0 bridgehead atoms. The predicted molar refractivity (Wildman–Crippen MR) is 113 cm³/mol. The molecule has 0 unspecified atom stereocenters. The first kappa shape index (κ1) is 26.2. The highest BCUT2D eigenvalue weighted by Gasteiger charge is 2.40. The van der Waals surface area contributed by atoms with Crippen molar-refractivity contribution in [2.45, 2.75) is 5.54 Å². The molecule has 0 saturated heterocycles. The van der Waals surface area contributed by atoms with Gasteiger partial charge in [-0.1, -0.05) is 0 Å². The van der Waals surface area contributed by atoms with Gasteiger partial charge in [-0.2, -0.15) is 15.0 Å². The van der Waals surface area contributed by atoms with Crippen LogP contribution in [0.3, 0.4) is 0 Å². The van der Waals surface area contributed by atoms with E-state index in [-0.39, 0.29) is 6.73 Å². The topological polar surface area (TPSA) is 104 Å². The molecule has 0 saturated carbocycles. The molecule has 0 fully saturated rings. The van der Waals surface area contributed by atoms with E-state index in [0.717, 1.165) is 0 Å². The van der Waals surface area contributed by atoms with Crippen LogP contribution in [0.4, 0.5) is 17.8 Å². The Hall–Kier alpha value is -1.83. The summed E-state index contributed by atoms with van der Waals surface area (Å²) in [6.45, 7) is 1.70. The fourth-order valence-corrected chi connectivity index (χ4v) is 3.01. The van der Waals surface area contributed by atoms with E-state index < -0.39 is 5.54 Å². The number of nitrogens with zero attached hydrogens (tertiary/aromatic N) is 6. The SMILES string of the molecule is COCN(C)c1nc(N(C)COC)nc(N(COC)C(COC)(COC)COC)n1. The summed E-state index contributed by atoms with van der Waals surface area (Å²) in [6.07, 6.45) is 0. The van der Waals surface area contributed by atoms with Crippen LogP contribution in [-0.4, -0.2) is 117 Å². The zero-order valence-corrected chi connectivity index (χ0v) is 19.4. The van der Waals surface area contributed by atoms with Gasteiger partial charge in [0.1, 0.15) is 25.7 Å². The van der Waals surface area contributed by atoms with Crippen LogP contribution in [0.5, 0.6) is 0 Å². The Labute approximate surface area is 179 Å². The minimum Gasteiger partial charge on any atom is -0.382 e. The standard InChI is InChI=1S/C18H36N6O6/c1-22(12-28-6)15-19-16(23(2)13-29-7)21-17(20-15)24(14-30-8)18(9-25-3,10-26-4)11-27-5/h9-14H2,1-8H3. The van der Waals surface area contributed by atoms with Gasteiger partial charge in [-0.25, -0.2) is 0 Å². The Morgan fingerprint density at radius 3 is 1.27 bits per heavy atom. The molecular formula is C18H36N6O6. The summed E-state index contributed by atoms with van der Waals surface area (Å²) >= 11 is 0. The lowest BCUT2D eigenvalue weighted by molar-refractivity contribution is -0.00202. The molecule has 1 aromatic heterocycles. The third-order valence-electron chi connectivity index (χ3n) is 4.24. The molecule has 12 heteroatoms. The predicted octanol–water partition coefficient (Wildman–Crippen LogP) is 0.0401. The van der Waals surface area contributed by atoms with E-state index in [4.69, 9.17) is 28.4 Å². The Morgan fingerprint density at radius 2 is 0.933 bits per heavy atom. The van der Waals surface area contributed by atoms with Crippen molar-refractivity contribution in [3.63, 3.8) is 0 Å². The summed E-state index contributed by atoms with van der Waals surface area (Å²) in [7, 11) is 13.3. The molecule has 30 heavy (non-hydrogen) atoms. The minimum atomic E-state index is -0.732. The smallest absolute Gasteiger partial charge is 0.234 e. The van der Waals surface area contributed by atoms with E-state index in [2.05, 4.69) is 15.0 Å². The van der Waals surface area contributed by atoms with Gasteiger partial charge >= 0.3 is 0 Å². The number of rotatable bonds is 16. The van der Waals surface area contributed by atoms with E-state index in [0.29, 0.717) is 51.1 Å². The summed E-state index contributed by atoms with van der Waals surface area (Å²) in [5.74, 6) is 1.25. The van der Waals surface area contributed by atoms with Crippen molar-refractivity contribution in [3.05, 3.63) is 0 Å². The van der Waals surface area contributed by atoms with E-state index in [1.54, 1.807) is 52.5 Å². The van der Waals surface area contributed by atoms with Gasteiger partial charge in [0.15, 0.2) is 0 Å². The minimum absolute atomic E-state index is 0.182. The van der Waals surface area contributed by atoms with Gasteiger partial charge in [-0.15, -0.1) is 0 Å². The molecule has 174 valence electrons. The number of methoxy groups -OCH3 is 6. The molecule has 0 N–H and O–H groups in total. The number of hydrogen-bond donors (Lipinski definition) is 0. The first-order chi connectivity index (χ1) is 14.4. The molecule has 12 nitrogen and oxygen atoms in total. The maximum atomic E-state index is 5.50. The lowest BCUT2D eigenvalue weighted by atomic mass is 10.0. The van der Waals surface area contributed by atoms with Gasteiger partial charge in [0.2, 0.25) is 17.8 Å². The second kappa shape index (κ2) is 13.5. The van der Waals surface area contributed by atoms with E-state index in [1.807, 2.05) is 19.0 Å². The van der Waals surface area contributed by atoms with Gasteiger partial charge in [-0.05, 0) is 0 Å². The summed E-state index contributed by atoms with van der Waals surface area (Å²) in [4.78, 5) is 19.3. The van der Waals surface area contributed by atoms with Crippen molar-refractivity contribution in [1.29, 1.82) is 0 Å². The average molecular weight is 433 g/mol. The van der Waals surface area contributed by atoms with Crippen LogP contribution in [0, 0.1) is 0 Å². The van der Waals surface area contributed by atoms with E-state index in [9.17, 15) is 0 Å². The monoisotopic (exact) mass is 432 g/mol. The first-order valence-corrected chi connectivity index (χ1v) is 9.32. The largest absolute Gasteiger partial charge is 0.382 e. The lowest BCUT2D eigenvalue weighted by Crippen LogP contribution is -2.60. The van der Waals surface area contributed by atoms with Crippen molar-refractivity contribution in [3.8, 4) is 0 Å². The molecule has 1 rings (SSSR count). The second-order valence-corrected chi connectivity index (χ2v) is 6.84. The normalized spacial score (nSPS) is 11.6. The Bertz CT molecular complexity index is 563. The highest BCUT2D eigenvalue weighted by molar-refractivity contribution is 5.47. The molecule has 0 spiro atoms. The van der Waals surface area contributed by atoms with Crippen LogP contribution in [-0.2, 0) is 28.4 Å². The molecular weight excluding hydrogens is 396 g/mol. The fraction of sp³-hybridized carbons (Fsp3) is 0.833. The molecule has 0 aliphatic rings. The number of ether oxygens (including phenoxy) is 6. The van der Waals surface area contributed by atoms with Crippen LogP contribution < -0.4 is 14.7 Å². The van der Waals surface area contributed by atoms with Crippen LogP contribution in [0.1, 0.15) is 0 Å². The number of aromatic nitrogens is 3. The van der Waals surface area contributed by atoms with E-state index in [1.165, 1.54) is 0 Å². The van der Waals surface area contributed by atoms with Crippen LogP contribution in [0.2, 0.25) is 0 Å². The van der Waals surface area contributed by atoms with Crippen LogP contribution in [0.15, 0.2) is 0 Å². The summed E-state index contributed by atoms with van der Waals surface area (Å²) < 4.78 is 32.4. The zero-order chi connectivity index (χ0) is 22.6. The van der Waals surface area contributed by atoms with Crippen molar-refractivity contribution >= 4 is 17.8 Å². The summed E-state index contributed by atoms with van der Waals surface area (Å²) in [5.41, 5.74) is -0.732. The third kappa shape index (κ3) is 6.86. The van der Waals surface area contributed by atoms with Gasteiger partial charge in [0.25, 0.3) is 0 Å². The maximum Gasteiger partial charge on any atom is 0.234 e. The molecule has 1 heterocycles. The van der Waals surface area contributed by atoms with Crippen LogP contribution in [0.25, 0.3) is 0 Å². The third-order valence-corrected chi connectivity index (χ3v) is 4.24. The molecule has 0 aliphatic heterocycles. The second-order valence-electron chi connectivity index (χ2n) is 6.84. The Kier molecular flexibility index (Phi) is 11.8. The Balaban J connectivity index is 3.60. The summed E-state index contributed by atoms with van der Waals surface area (Å²) in [5, 5.41) is 0. The van der Waals surface area contributed by atoms with Crippen molar-refractivity contribution < 1.29 is 28.4 Å². The maximum absolute atomic E-state index is 5.50. The zero-order valence-electron chi connectivity index (χ0n) is 19.4. The molecule has 1 aromatic rings. The quantitative estimate of drug-likeness (QED) is 0.329.